The monoisotopic (exact) mass is 266 g/mol. The van der Waals surface area contributed by atoms with Gasteiger partial charge in [0, 0.05) is 23.0 Å². The number of rotatable bonds is 4. The van der Waals surface area contributed by atoms with Crippen molar-refractivity contribution in [3.05, 3.63) is 50.9 Å². The van der Waals surface area contributed by atoms with E-state index in [1.165, 1.54) is 0 Å². The zero-order chi connectivity index (χ0) is 12.3. The van der Waals surface area contributed by atoms with Gasteiger partial charge in [-0.25, -0.2) is 4.98 Å². The van der Waals surface area contributed by atoms with Gasteiger partial charge in [-0.3, -0.25) is 0 Å². The largest absolute Gasteiger partial charge is 0.304 e. The Morgan fingerprint density at radius 2 is 2.18 bits per heavy atom. The van der Waals surface area contributed by atoms with E-state index in [-0.39, 0.29) is 6.04 Å². The van der Waals surface area contributed by atoms with Crippen LogP contribution in [-0.4, -0.2) is 4.98 Å². The molecule has 1 aromatic heterocycles. The van der Waals surface area contributed by atoms with Crippen molar-refractivity contribution in [1.82, 2.24) is 10.3 Å². The summed E-state index contributed by atoms with van der Waals surface area (Å²) in [5, 5.41) is 7.43. The lowest BCUT2D eigenvalue weighted by molar-refractivity contribution is 0.569. The molecule has 0 radical (unpaired) electrons. The highest BCUT2D eigenvalue weighted by atomic mass is 35.5. The molecule has 0 unspecified atom stereocenters. The van der Waals surface area contributed by atoms with Gasteiger partial charge in [0.1, 0.15) is 0 Å². The second-order valence-electron chi connectivity index (χ2n) is 3.98. The third kappa shape index (κ3) is 3.28. The molecule has 0 saturated carbocycles. The second-order valence-corrected chi connectivity index (χ2v) is 5.45. The zero-order valence-corrected chi connectivity index (χ0v) is 11.5. The molecule has 0 aliphatic heterocycles. The predicted octanol–water partition coefficient (Wildman–Crippen LogP) is 3.96. The van der Waals surface area contributed by atoms with Crippen LogP contribution in [0.1, 0.15) is 29.2 Å². The fraction of sp³-hybridized carbons (Fsp3) is 0.308. The van der Waals surface area contributed by atoms with Gasteiger partial charge in [-0.2, -0.15) is 0 Å². The molecule has 0 aliphatic rings. The van der Waals surface area contributed by atoms with Crippen molar-refractivity contribution in [2.45, 2.75) is 26.4 Å². The average Bonchev–Trinajstić information content (AvgIpc) is 2.73. The van der Waals surface area contributed by atoms with E-state index < -0.39 is 0 Å². The molecule has 0 saturated heterocycles. The fourth-order valence-corrected chi connectivity index (χ4v) is 2.60. The van der Waals surface area contributed by atoms with Crippen molar-refractivity contribution >= 4 is 22.9 Å². The van der Waals surface area contributed by atoms with Crippen LogP contribution in [0.25, 0.3) is 0 Å². The van der Waals surface area contributed by atoms with Gasteiger partial charge in [0.05, 0.1) is 10.7 Å². The van der Waals surface area contributed by atoms with E-state index in [0.717, 1.165) is 27.8 Å². The Morgan fingerprint density at radius 3 is 2.82 bits per heavy atom. The molecular weight excluding hydrogens is 252 g/mol. The first-order valence-electron chi connectivity index (χ1n) is 5.55. The highest BCUT2D eigenvalue weighted by Gasteiger charge is 2.08. The van der Waals surface area contributed by atoms with Gasteiger partial charge in [0.25, 0.3) is 0 Å². The number of aromatic nitrogens is 1. The summed E-state index contributed by atoms with van der Waals surface area (Å²) < 4.78 is 0. The maximum absolute atomic E-state index is 6.15. The summed E-state index contributed by atoms with van der Waals surface area (Å²) in [6, 6.07) is 8.15. The van der Waals surface area contributed by atoms with Crippen molar-refractivity contribution in [2.24, 2.45) is 0 Å². The Balaban J connectivity index is 1.98. The number of thiazole rings is 1. The van der Waals surface area contributed by atoms with Crippen LogP contribution >= 0.6 is 22.9 Å². The minimum Gasteiger partial charge on any atom is -0.304 e. The minimum absolute atomic E-state index is 0.228. The van der Waals surface area contributed by atoms with Crippen LogP contribution in [0.5, 0.6) is 0 Å². The Kier molecular flexibility index (Phi) is 4.15. The maximum Gasteiger partial charge on any atom is 0.0897 e. The van der Waals surface area contributed by atoms with Crippen LogP contribution in [-0.2, 0) is 6.54 Å². The molecule has 2 rings (SSSR count). The minimum atomic E-state index is 0.228. The van der Waals surface area contributed by atoms with Crippen molar-refractivity contribution in [2.75, 3.05) is 0 Å². The first-order valence-corrected chi connectivity index (χ1v) is 6.81. The lowest BCUT2D eigenvalue weighted by Crippen LogP contribution is -2.18. The van der Waals surface area contributed by atoms with E-state index in [1.54, 1.807) is 11.3 Å². The Hall–Kier alpha value is -0.900. The second kappa shape index (κ2) is 5.63. The zero-order valence-electron chi connectivity index (χ0n) is 9.90. The third-order valence-electron chi connectivity index (χ3n) is 2.63. The Bertz CT molecular complexity index is 496. The quantitative estimate of drug-likeness (QED) is 0.906. The summed E-state index contributed by atoms with van der Waals surface area (Å²) in [5.41, 5.74) is 2.22. The van der Waals surface area contributed by atoms with Crippen LogP contribution in [0.4, 0.5) is 0 Å². The Morgan fingerprint density at radius 1 is 1.41 bits per heavy atom. The molecule has 4 heteroatoms. The fourth-order valence-electron chi connectivity index (χ4n) is 1.68. The van der Waals surface area contributed by atoms with Crippen molar-refractivity contribution in [3.63, 3.8) is 0 Å². The highest BCUT2D eigenvalue weighted by molar-refractivity contribution is 7.09. The summed E-state index contributed by atoms with van der Waals surface area (Å²) in [6.45, 7) is 4.91. The molecule has 1 heterocycles. The smallest absolute Gasteiger partial charge is 0.0897 e. The van der Waals surface area contributed by atoms with E-state index in [2.05, 4.69) is 22.6 Å². The van der Waals surface area contributed by atoms with E-state index >= 15 is 0 Å². The molecular formula is C13H15ClN2S. The maximum atomic E-state index is 6.15. The molecule has 2 nitrogen and oxygen atoms in total. The summed E-state index contributed by atoms with van der Waals surface area (Å²) in [6.07, 6.45) is 0. The van der Waals surface area contributed by atoms with Gasteiger partial charge >= 0.3 is 0 Å². The molecule has 17 heavy (non-hydrogen) atoms. The first kappa shape index (κ1) is 12.6. The summed E-state index contributed by atoms with van der Waals surface area (Å²) in [5.74, 6) is 0. The van der Waals surface area contributed by atoms with E-state index in [1.807, 2.05) is 31.2 Å². The summed E-state index contributed by atoms with van der Waals surface area (Å²) >= 11 is 7.83. The van der Waals surface area contributed by atoms with Crippen LogP contribution in [0.2, 0.25) is 5.02 Å². The van der Waals surface area contributed by atoms with Gasteiger partial charge < -0.3 is 5.32 Å². The number of nitrogens with one attached hydrogen (secondary N) is 1. The van der Waals surface area contributed by atoms with Crippen LogP contribution in [0.3, 0.4) is 0 Å². The van der Waals surface area contributed by atoms with Gasteiger partial charge in [-0.15, -0.1) is 11.3 Å². The topological polar surface area (TPSA) is 24.9 Å². The van der Waals surface area contributed by atoms with Gasteiger partial charge in [0.2, 0.25) is 0 Å². The summed E-state index contributed by atoms with van der Waals surface area (Å²) in [4.78, 5) is 4.42. The molecule has 90 valence electrons. The van der Waals surface area contributed by atoms with Crippen LogP contribution in [0.15, 0.2) is 29.6 Å². The number of nitrogens with zero attached hydrogens (tertiary/aromatic N) is 1. The molecule has 1 N–H and O–H groups in total. The van der Waals surface area contributed by atoms with Gasteiger partial charge in [-0.1, -0.05) is 29.8 Å². The third-order valence-corrected chi connectivity index (χ3v) is 3.79. The van der Waals surface area contributed by atoms with E-state index in [0.29, 0.717) is 0 Å². The van der Waals surface area contributed by atoms with Gasteiger partial charge in [-0.05, 0) is 25.5 Å². The molecule has 1 atom stereocenters. The molecule has 0 amide bonds. The molecule has 1 aromatic carbocycles. The number of hydrogen-bond acceptors (Lipinski definition) is 3. The van der Waals surface area contributed by atoms with Crippen molar-refractivity contribution < 1.29 is 0 Å². The first-order chi connectivity index (χ1) is 8.16. The summed E-state index contributed by atoms with van der Waals surface area (Å²) in [7, 11) is 0. The number of halogens is 1. The number of benzene rings is 1. The van der Waals surface area contributed by atoms with Crippen molar-refractivity contribution in [1.29, 1.82) is 0 Å². The van der Waals surface area contributed by atoms with Crippen LogP contribution in [0, 0.1) is 6.92 Å². The van der Waals surface area contributed by atoms with E-state index in [9.17, 15) is 0 Å². The van der Waals surface area contributed by atoms with Gasteiger partial charge in [0.15, 0.2) is 0 Å². The lowest BCUT2D eigenvalue weighted by atomic mass is 10.1. The Labute approximate surface area is 111 Å². The highest BCUT2D eigenvalue weighted by Crippen LogP contribution is 2.22. The average molecular weight is 267 g/mol. The molecule has 2 aromatic rings. The van der Waals surface area contributed by atoms with E-state index in [4.69, 9.17) is 11.6 Å². The normalized spacial score (nSPS) is 12.6. The standard InChI is InChI=1S/C13H15ClN2S/c1-9(12-5-3-4-6-13(12)14)15-7-11-8-17-10(2)16-11/h3-6,8-9,15H,7H2,1-2H3/t9-/m0/s1. The number of hydrogen-bond donors (Lipinski definition) is 1. The molecule has 0 aliphatic carbocycles. The van der Waals surface area contributed by atoms with Crippen LogP contribution < -0.4 is 5.32 Å². The predicted molar refractivity (Wildman–Crippen MR) is 73.6 cm³/mol. The molecule has 0 spiro atoms. The SMILES string of the molecule is Cc1nc(CN[C@@H](C)c2ccccc2Cl)cs1. The molecule has 0 bridgehead atoms. The molecule has 0 fully saturated rings. The van der Waals surface area contributed by atoms with Crippen molar-refractivity contribution in [3.8, 4) is 0 Å². The lowest BCUT2D eigenvalue weighted by Gasteiger charge is -2.14. The number of aryl methyl sites for hydroxylation is 1.